The molecule has 2 atom stereocenters. The molecular weight excluding hydrogens is 350 g/mol. The van der Waals surface area contributed by atoms with Crippen LogP contribution in [0.2, 0.25) is 5.02 Å². The van der Waals surface area contributed by atoms with Gasteiger partial charge in [-0.05, 0) is 36.5 Å². The summed E-state index contributed by atoms with van der Waals surface area (Å²) in [5.74, 6) is 0.715. The largest absolute Gasteiger partial charge is 0.370 e. The van der Waals surface area contributed by atoms with Crippen LogP contribution in [0.25, 0.3) is 0 Å². The van der Waals surface area contributed by atoms with Crippen molar-refractivity contribution in [2.24, 2.45) is 5.92 Å². The lowest BCUT2D eigenvalue weighted by atomic mass is 10.0. The number of nitrogens with zero attached hydrogens (tertiary/aromatic N) is 1. The number of carbonyl (C=O) groups excluding carboxylic acids is 1. The van der Waals surface area contributed by atoms with Crippen LogP contribution in [-0.4, -0.2) is 50.4 Å². The van der Waals surface area contributed by atoms with E-state index in [1.165, 1.54) is 0 Å². The Balaban J connectivity index is 1.52. The van der Waals surface area contributed by atoms with Crippen LogP contribution in [0.15, 0.2) is 24.3 Å². The Morgan fingerprint density at radius 3 is 2.71 bits per heavy atom. The van der Waals surface area contributed by atoms with Crippen molar-refractivity contribution in [2.45, 2.75) is 25.4 Å². The van der Waals surface area contributed by atoms with Crippen LogP contribution in [0.5, 0.6) is 0 Å². The van der Waals surface area contributed by atoms with E-state index < -0.39 is 9.84 Å². The molecule has 2 fully saturated rings. The van der Waals surface area contributed by atoms with Crippen molar-refractivity contribution in [3.63, 3.8) is 0 Å². The van der Waals surface area contributed by atoms with Crippen molar-refractivity contribution in [1.29, 1.82) is 0 Å². The molecule has 2 aliphatic heterocycles. The Morgan fingerprint density at radius 1 is 1.29 bits per heavy atom. The lowest BCUT2D eigenvalue weighted by Gasteiger charge is -2.33. The summed E-state index contributed by atoms with van der Waals surface area (Å²) in [5, 5.41) is 0.675. The third kappa shape index (κ3) is 4.49. The third-order valence-corrected chi connectivity index (χ3v) is 6.84. The SMILES string of the molecule is O=C(CCC1CCS(=O)(=O)C1)N1CCOC(c2ccc(Cl)cc2)C1. The summed E-state index contributed by atoms with van der Waals surface area (Å²) in [6.45, 7) is 1.63. The van der Waals surface area contributed by atoms with Crippen LogP contribution in [0, 0.1) is 5.92 Å². The highest BCUT2D eigenvalue weighted by molar-refractivity contribution is 7.91. The van der Waals surface area contributed by atoms with Gasteiger partial charge in [0.25, 0.3) is 0 Å². The second-order valence-corrected chi connectivity index (χ2v) is 9.22. The van der Waals surface area contributed by atoms with E-state index in [2.05, 4.69) is 0 Å². The van der Waals surface area contributed by atoms with Gasteiger partial charge in [0, 0.05) is 18.0 Å². The first-order valence-corrected chi connectivity index (χ1v) is 10.5. The van der Waals surface area contributed by atoms with Gasteiger partial charge in [0.2, 0.25) is 5.91 Å². The number of amides is 1. The second kappa shape index (κ2) is 7.42. The number of hydrogen-bond acceptors (Lipinski definition) is 4. The maximum atomic E-state index is 12.4. The Morgan fingerprint density at radius 2 is 2.04 bits per heavy atom. The van der Waals surface area contributed by atoms with Gasteiger partial charge >= 0.3 is 0 Å². The van der Waals surface area contributed by atoms with Crippen LogP contribution in [0.3, 0.4) is 0 Å². The summed E-state index contributed by atoms with van der Waals surface area (Å²) in [6.07, 6.45) is 1.62. The molecule has 0 aromatic heterocycles. The number of rotatable bonds is 4. The second-order valence-electron chi connectivity index (χ2n) is 6.56. The minimum atomic E-state index is -2.87. The Hall–Kier alpha value is -1.11. The number of carbonyl (C=O) groups is 1. The van der Waals surface area contributed by atoms with Gasteiger partial charge in [0.05, 0.1) is 24.7 Å². The molecule has 2 aliphatic rings. The van der Waals surface area contributed by atoms with E-state index in [0.29, 0.717) is 44.0 Å². The Kier molecular flexibility index (Phi) is 5.47. The minimum absolute atomic E-state index is 0.0848. The lowest BCUT2D eigenvalue weighted by molar-refractivity contribution is -0.139. The number of morpholine rings is 1. The number of ether oxygens (including phenoxy) is 1. The van der Waals surface area contributed by atoms with Gasteiger partial charge in [0.15, 0.2) is 9.84 Å². The van der Waals surface area contributed by atoms with E-state index in [0.717, 1.165) is 5.56 Å². The fourth-order valence-electron chi connectivity index (χ4n) is 3.34. The zero-order valence-electron chi connectivity index (χ0n) is 13.5. The monoisotopic (exact) mass is 371 g/mol. The zero-order valence-corrected chi connectivity index (χ0v) is 15.1. The molecule has 1 aromatic carbocycles. The van der Waals surface area contributed by atoms with Crippen molar-refractivity contribution >= 4 is 27.3 Å². The van der Waals surface area contributed by atoms with Crippen LogP contribution in [0.4, 0.5) is 0 Å². The van der Waals surface area contributed by atoms with Crippen LogP contribution >= 0.6 is 11.6 Å². The molecule has 2 unspecified atom stereocenters. The summed E-state index contributed by atoms with van der Waals surface area (Å²) in [4.78, 5) is 14.3. The molecule has 7 heteroatoms. The first-order chi connectivity index (χ1) is 11.4. The number of hydrogen-bond donors (Lipinski definition) is 0. The molecule has 1 amide bonds. The van der Waals surface area contributed by atoms with Crippen LogP contribution < -0.4 is 0 Å². The average molecular weight is 372 g/mol. The standard InChI is InChI=1S/C17H22ClNO4S/c18-15-4-2-14(3-5-15)16-11-19(8-9-23-16)17(20)6-1-13-7-10-24(21,22)12-13/h2-5,13,16H,1,6-12H2. The molecule has 2 saturated heterocycles. The van der Waals surface area contributed by atoms with Gasteiger partial charge < -0.3 is 9.64 Å². The van der Waals surface area contributed by atoms with Crippen LogP contribution in [-0.2, 0) is 19.4 Å². The molecule has 1 aromatic rings. The third-order valence-electron chi connectivity index (χ3n) is 4.75. The van der Waals surface area contributed by atoms with E-state index in [1.54, 1.807) is 0 Å². The van der Waals surface area contributed by atoms with Crippen LogP contribution in [0.1, 0.15) is 30.9 Å². The molecular formula is C17H22ClNO4S. The first-order valence-electron chi connectivity index (χ1n) is 8.28. The smallest absolute Gasteiger partial charge is 0.222 e. The van der Waals surface area contributed by atoms with E-state index in [9.17, 15) is 13.2 Å². The van der Waals surface area contributed by atoms with Crippen molar-refractivity contribution in [3.05, 3.63) is 34.9 Å². The van der Waals surface area contributed by atoms with Gasteiger partial charge in [-0.15, -0.1) is 0 Å². The van der Waals surface area contributed by atoms with Gasteiger partial charge in [-0.1, -0.05) is 23.7 Å². The maximum Gasteiger partial charge on any atom is 0.222 e. The maximum absolute atomic E-state index is 12.4. The number of sulfone groups is 1. The molecule has 0 N–H and O–H groups in total. The van der Waals surface area contributed by atoms with Crippen molar-refractivity contribution in [3.8, 4) is 0 Å². The van der Waals surface area contributed by atoms with E-state index in [4.69, 9.17) is 16.3 Å². The predicted molar refractivity (Wildman–Crippen MR) is 92.7 cm³/mol. The molecule has 5 nitrogen and oxygen atoms in total. The summed E-state index contributed by atoms with van der Waals surface area (Å²) in [7, 11) is -2.87. The molecule has 24 heavy (non-hydrogen) atoms. The summed E-state index contributed by atoms with van der Waals surface area (Å²) >= 11 is 5.91. The molecule has 2 heterocycles. The van der Waals surface area contributed by atoms with Crippen molar-refractivity contribution in [2.75, 3.05) is 31.2 Å². The average Bonchev–Trinajstić information content (AvgIpc) is 2.92. The highest BCUT2D eigenvalue weighted by Gasteiger charge is 2.30. The topological polar surface area (TPSA) is 63.7 Å². The number of halogens is 1. The summed E-state index contributed by atoms with van der Waals surface area (Å²) in [6, 6.07) is 7.48. The molecule has 132 valence electrons. The quantitative estimate of drug-likeness (QED) is 0.815. The van der Waals surface area contributed by atoms with Crippen molar-refractivity contribution in [1.82, 2.24) is 4.90 Å². The molecule has 0 radical (unpaired) electrons. The van der Waals surface area contributed by atoms with Gasteiger partial charge in [0.1, 0.15) is 6.10 Å². The van der Waals surface area contributed by atoms with Gasteiger partial charge in [-0.25, -0.2) is 8.42 Å². The minimum Gasteiger partial charge on any atom is -0.370 e. The zero-order chi connectivity index (χ0) is 17.2. The molecule has 3 rings (SSSR count). The Bertz CT molecular complexity index is 689. The van der Waals surface area contributed by atoms with E-state index >= 15 is 0 Å². The van der Waals surface area contributed by atoms with Crippen molar-refractivity contribution < 1.29 is 17.9 Å². The lowest BCUT2D eigenvalue weighted by Crippen LogP contribution is -2.42. The highest BCUT2D eigenvalue weighted by Crippen LogP contribution is 2.26. The predicted octanol–water partition coefficient (Wildman–Crippen LogP) is 2.45. The fraction of sp³-hybridized carbons (Fsp3) is 0.588. The highest BCUT2D eigenvalue weighted by atomic mass is 35.5. The van der Waals surface area contributed by atoms with E-state index in [-0.39, 0.29) is 29.4 Å². The molecule has 0 spiro atoms. The molecule has 0 bridgehead atoms. The number of benzene rings is 1. The first kappa shape index (κ1) is 17.7. The summed E-state index contributed by atoms with van der Waals surface area (Å²) in [5.41, 5.74) is 1.01. The fourth-order valence-corrected chi connectivity index (χ4v) is 5.38. The normalized spacial score (nSPS) is 26.5. The Labute approximate surface area is 147 Å². The van der Waals surface area contributed by atoms with Gasteiger partial charge in [-0.3, -0.25) is 4.79 Å². The summed E-state index contributed by atoms with van der Waals surface area (Å²) < 4.78 is 28.8. The van der Waals surface area contributed by atoms with Gasteiger partial charge in [-0.2, -0.15) is 0 Å². The molecule has 0 aliphatic carbocycles. The molecule has 0 saturated carbocycles. The van der Waals surface area contributed by atoms with E-state index in [1.807, 2.05) is 29.2 Å².